The summed E-state index contributed by atoms with van der Waals surface area (Å²) in [6, 6.07) is 15.9. The molecule has 0 fully saturated rings. The molecular formula is C26H20F3N3O6S. The number of ether oxygens (including phenoxy) is 1. The zero-order valence-electron chi connectivity index (χ0n) is 20.1. The lowest BCUT2D eigenvalue weighted by molar-refractivity contribution is -0.274. The normalized spacial score (nSPS) is 11.7. The van der Waals surface area contributed by atoms with Gasteiger partial charge in [-0.05, 0) is 42.0 Å². The van der Waals surface area contributed by atoms with E-state index in [1.807, 2.05) is 0 Å². The number of carbonyl (C=O) groups excluding carboxylic acids is 1. The van der Waals surface area contributed by atoms with Crippen molar-refractivity contribution in [2.45, 2.75) is 24.7 Å². The lowest BCUT2D eigenvalue weighted by Gasteiger charge is -2.26. The first-order chi connectivity index (χ1) is 18.3. The number of anilines is 2. The molecule has 0 bridgehead atoms. The van der Waals surface area contributed by atoms with E-state index >= 15 is 0 Å². The first kappa shape index (κ1) is 27.4. The van der Waals surface area contributed by atoms with Crippen molar-refractivity contribution >= 4 is 44.2 Å². The molecule has 0 saturated carbocycles. The Morgan fingerprint density at radius 1 is 1.00 bits per heavy atom. The molecule has 1 amide bonds. The second-order valence-electron chi connectivity index (χ2n) is 8.26. The molecule has 0 spiro atoms. The monoisotopic (exact) mass is 559 g/mol. The van der Waals surface area contributed by atoms with Gasteiger partial charge in [-0.1, -0.05) is 36.4 Å². The Hall–Kier alpha value is -4.65. The molecule has 0 aliphatic rings. The molecule has 0 unspecified atom stereocenters. The van der Waals surface area contributed by atoms with E-state index in [-0.39, 0.29) is 27.5 Å². The smallest absolute Gasteiger partial charge is 0.478 e. The Labute approximate surface area is 220 Å². The van der Waals surface area contributed by atoms with Gasteiger partial charge in [0.2, 0.25) is 5.91 Å². The number of nitrogens with zero attached hydrogens (tertiary/aromatic N) is 2. The van der Waals surface area contributed by atoms with Crippen molar-refractivity contribution in [1.29, 1.82) is 0 Å². The average molecular weight is 560 g/mol. The minimum absolute atomic E-state index is 0.100. The van der Waals surface area contributed by atoms with Crippen LogP contribution in [-0.4, -0.2) is 36.7 Å². The third-order valence-electron chi connectivity index (χ3n) is 5.49. The predicted molar refractivity (Wildman–Crippen MR) is 136 cm³/mol. The van der Waals surface area contributed by atoms with E-state index in [1.54, 1.807) is 24.3 Å². The van der Waals surface area contributed by atoms with Crippen molar-refractivity contribution in [3.05, 3.63) is 90.1 Å². The highest BCUT2D eigenvalue weighted by atomic mass is 32.2. The lowest BCUT2D eigenvalue weighted by atomic mass is 10.1. The number of rotatable bonds is 8. The maximum absolute atomic E-state index is 13.9. The number of carboxylic acids is 1. The van der Waals surface area contributed by atoms with Gasteiger partial charge in [-0.3, -0.25) is 4.79 Å². The van der Waals surface area contributed by atoms with Crippen LogP contribution in [0.2, 0.25) is 0 Å². The summed E-state index contributed by atoms with van der Waals surface area (Å²) in [5, 5.41) is 12.9. The summed E-state index contributed by atoms with van der Waals surface area (Å²) in [7, 11) is -4.45. The molecule has 0 atom stereocenters. The van der Waals surface area contributed by atoms with Gasteiger partial charge in [0, 0.05) is 23.9 Å². The molecule has 13 heteroatoms. The second-order valence-corrected chi connectivity index (χ2v) is 10.1. The predicted octanol–water partition coefficient (Wildman–Crippen LogP) is 5.19. The number of hydrogen-bond acceptors (Lipinski definition) is 6. The highest BCUT2D eigenvalue weighted by Gasteiger charge is 2.32. The average Bonchev–Trinajstić information content (AvgIpc) is 2.87. The number of aromatic carboxylic acids is 1. The minimum Gasteiger partial charge on any atom is -0.478 e. The number of aromatic nitrogens is 1. The molecule has 202 valence electrons. The third-order valence-corrected chi connectivity index (χ3v) is 7.24. The number of benzene rings is 3. The summed E-state index contributed by atoms with van der Waals surface area (Å²) in [5.74, 6) is -2.39. The molecule has 0 saturated heterocycles. The van der Waals surface area contributed by atoms with Gasteiger partial charge in [0.15, 0.2) is 5.82 Å². The molecule has 9 nitrogen and oxygen atoms in total. The minimum atomic E-state index is -4.90. The number of carboxylic acid groups (broad SMARTS) is 1. The highest BCUT2D eigenvalue weighted by Crippen LogP contribution is 2.36. The van der Waals surface area contributed by atoms with Crippen molar-refractivity contribution in [1.82, 2.24) is 4.98 Å². The molecular weight excluding hydrogens is 539 g/mol. The first-order valence-electron chi connectivity index (χ1n) is 11.2. The van der Waals surface area contributed by atoms with Crippen LogP contribution in [0.3, 0.4) is 0 Å². The summed E-state index contributed by atoms with van der Waals surface area (Å²) in [4.78, 5) is 27.4. The maximum atomic E-state index is 13.9. The van der Waals surface area contributed by atoms with Crippen molar-refractivity contribution in [3.8, 4) is 5.75 Å². The maximum Gasteiger partial charge on any atom is 0.573 e. The van der Waals surface area contributed by atoms with Crippen LogP contribution in [0.25, 0.3) is 10.8 Å². The fraction of sp³-hybridized carbons (Fsp3) is 0.115. The summed E-state index contributed by atoms with van der Waals surface area (Å²) in [6.07, 6.45) is -3.48. The number of pyridine rings is 1. The van der Waals surface area contributed by atoms with E-state index in [0.717, 1.165) is 40.7 Å². The SMILES string of the molecule is CC(=O)Nc1c(N(Cc2ccc(OC(F)(F)F)cc2)S(=O)(=O)c2ccc(C(=O)O)cc2)ncc2ccccc12. The van der Waals surface area contributed by atoms with Crippen LogP contribution in [0.5, 0.6) is 5.75 Å². The number of hydrogen-bond donors (Lipinski definition) is 2. The number of sulfonamides is 1. The zero-order valence-corrected chi connectivity index (χ0v) is 21.0. The molecule has 3 aromatic carbocycles. The summed E-state index contributed by atoms with van der Waals surface area (Å²) in [5.41, 5.74) is 0.242. The van der Waals surface area contributed by atoms with E-state index in [9.17, 15) is 36.3 Å². The van der Waals surface area contributed by atoms with Crippen molar-refractivity contribution in [2.24, 2.45) is 0 Å². The molecule has 2 N–H and O–H groups in total. The van der Waals surface area contributed by atoms with Gasteiger partial charge in [0.05, 0.1) is 22.7 Å². The summed E-state index contributed by atoms with van der Waals surface area (Å²) < 4.78 is 70.3. The molecule has 4 rings (SSSR count). The molecule has 1 aromatic heterocycles. The van der Waals surface area contributed by atoms with E-state index in [1.165, 1.54) is 25.3 Å². The van der Waals surface area contributed by atoms with Gasteiger partial charge in [-0.15, -0.1) is 13.2 Å². The number of carbonyl (C=O) groups is 2. The Morgan fingerprint density at radius 3 is 2.23 bits per heavy atom. The van der Waals surface area contributed by atoms with Crippen molar-refractivity contribution in [2.75, 3.05) is 9.62 Å². The Morgan fingerprint density at radius 2 is 1.64 bits per heavy atom. The summed E-state index contributed by atoms with van der Waals surface area (Å²) >= 11 is 0. The molecule has 1 heterocycles. The standard InChI is InChI=1S/C26H20F3N3O6S/c1-16(33)31-23-22-5-3-2-4-19(22)14-30-24(23)32(15-17-6-10-20(11-7-17)38-26(27,28)29)39(36,37)21-12-8-18(9-13-21)25(34)35/h2-14H,15H2,1H3,(H,31,33)(H,34,35). The number of nitrogens with one attached hydrogen (secondary N) is 1. The van der Waals surface area contributed by atoms with Gasteiger partial charge in [-0.25, -0.2) is 22.5 Å². The lowest BCUT2D eigenvalue weighted by Crippen LogP contribution is -2.32. The van der Waals surface area contributed by atoms with Gasteiger partial charge < -0.3 is 15.2 Å². The van der Waals surface area contributed by atoms with Crippen LogP contribution in [0, 0.1) is 0 Å². The fourth-order valence-corrected chi connectivity index (χ4v) is 5.19. The largest absolute Gasteiger partial charge is 0.573 e. The Balaban J connectivity index is 1.86. The van der Waals surface area contributed by atoms with Gasteiger partial charge in [0.1, 0.15) is 5.75 Å². The van der Waals surface area contributed by atoms with E-state index in [2.05, 4.69) is 15.0 Å². The second kappa shape index (κ2) is 10.6. The van der Waals surface area contributed by atoms with Crippen LogP contribution in [0.15, 0.2) is 83.9 Å². The topological polar surface area (TPSA) is 126 Å². The Kier molecular flexibility index (Phi) is 7.45. The zero-order chi connectivity index (χ0) is 28.4. The highest BCUT2D eigenvalue weighted by molar-refractivity contribution is 7.92. The van der Waals surface area contributed by atoms with E-state index in [4.69, 9.17) is 0 Å². The van der Waals surface area contributed by atoms with E-state index < -0.39 is 40.6 Å². The molecule has 0 aliphatic carbocycles. The van der Waals surface area contributed by atoms with E-state index in [0.29, 0.717) is 10.8 Å². The molecule has 4 aromatic rings. The third kappa shape index (κ3) is 6.26. The number of fused-ring (bicyclic) bond motifs is 1. The molecule has 0 aliphatic heterocycles. The van der Waals surface area contributed by atoms with Gasteiger partial charge in [0.25, 0.3) is 10.0 Å². The van der Waals surface area contributed by atoms with Crippen LogP contribution in [0.4, 0.5) is 24.7 Å². The first-order valence-corrected chi connectivity index (χ1v) is 12.7. The van der Waals surface area contributed by atoms with Crippen LogP contribution in [-0.2, 0) is 21.4 Å². The van der Waals surface area contributed by atoms with Crippen LogP contribution >= 0.6 is 0 Å². The van der Waals surface area contributed by atoms with Crippen LogP contribution in [0.1, 0.15) is 22.8 Å². The van der Waals surface area contributed by atoms with Gasteiger partial charge in [-0.2, -0.15) is 0 Å². The number of alkyl halides is 3. The van der Waals surface area contributed by atoms with Crippen molar-refractivity contribution in [3.63, 3.8) is 0 Å². The van der Waals surface area contributed by atoms with Gasteiger partial charge >= 0.3 is 12.3 Å². The molecule has 0 radical (unpaired) electrons. The molecule has 39 heavy (non-hydrogen) atoms. The summed E-state index contributed by atoms with van der Waals surface area (Å²) in [6.45, 7) is 0.849. The Bertz CT molecular complexity index is 1640. The number of halogens is 3. The van der Waals surface area contributed by atoms with Crippen molar-refractivity contribution < 1.29 is 41.0 Å². The quantitative estimate of drug-likeness (QED) is 0.304. The van der Waals surface area contributed by atoms with Crippen LogP contribution < -0.4 is 14.4 Å². The fourth-order valence-electron chi connectivity index (χ4n) is 3.77. The number of amides is 1.